The average molecular weight is 378 g/mol. The van der Waals surface area contributed by atoms with E-state index in [0.29, 0.717) is 17.1 Å². The van der Waals surface area contributed by atoms with Crippen molar-refractivity contribution in [2.75, 3.05) is 12.4 Å². The SMILES string of the molecule is COc1cccc(-c2cc(C(=O)Nc3ccc4sc(C)nc4c3)n(C)n2)c1. The van der Waals surface area contributed by atoms with Gasteiger partial charge in [0.15, 0.2) is 0 Å². The number of thiazole rings is 1. The molecule has 1 amide bonds. The first-order chi connectivity index (χ1) is 13.0. The first-order valence-electron chi connectivity index (χ1n) is 8.40. The number of aromatic nitrogens is 3. The van der Waals surface area contributed by atoms with E-state index in [1.807, 2.05) is 49.4 Å². The number of carbonyl (C=O) groups is 1. The third-order valence-corrected chi connectivity index (χ3v) is 5.18. The molecule has 0 radical (unpaired) electrons. The number of anilines is 1. The summed E-state index contributed by atoms with van der Waals surface area (Å²) in [6.07, 6.45) is 0. The van der Waals surface area contributed by atoms with Crippen LogP contribution in [0.25, 0.3) is 21.5 Å². The number of fused-ring (bicyclic) bond motifs is 1. The molecule has 0 unspecified atom stereocenters. The Morgan fingerprint density at radius 1 is 1.19 bits per heavy atom. The van der Waals surface area contributed by atoms with Gasteiger partial charge in [0.05, 0.1) is 28.0 Å². The number of nitrogens with zero attached hydrogens (tertiary/aromatic N) is 3. The summed E-state index contributed by atoms with van der Waals surface area (Å²) in [4.78, 5) is 17.2. The molecule has 0 saturated heterocycles. The number of methoxy groups -OCH3 is 1. The topological polar surface area (TPSA) is 69.0 Å². The Balaban J connectivity index is 1.60. The van der Waals surface area contributed by atoms with E-state index in [1.54, 1.807) is 36.2 Å². The van der Waals surface area contributed by atoms with Crippen LogP contribution in [0.2, 0.25) is 0 Å². The summed E-state index contributed by atoms with van der Waals surface area (Å²) in [5, 5.41) is 8.39. The Labute approximate surface area is 160 Å². The van der Waals surface area contributed by atoms with Crippen LogP contribution >= 0.6 is 11.3 Å². The van der Waals surface area contributed by atoms with Crippen LogP contribution in [-0.4, -0.2) is 27.8 Å². The van der Waals surface area contributed by atoms with Crippen molar-refractivity contribution in [3.8, 4) is 17.0 Å². The van der Waals surface area contributed by atoms with Gasteiger partial charge in [-0.05, 0) is 43.3 Å². The molecule has 0 spiro atoms. The van der Waals surface area contributed by atoms with E-state index in [9.17, 15) is 4.79 Å². The standard InChI is InChI=1S/C20H18N4O2S/c1-12-21-17-10-14(7-8-19(17)27-12)22-20(25)18-11-16(23-24(18)2)13-5-4-6-15(9-13)26-3/h4-11H,1-3H3,(H,22,25). The summed E-state index contributed by atoms with van der Waals surface area (Å²) < 4.78 is 7.94. The number of hydrogen-bond donors (Lipinski definition) is 1. The molecule has 6 nitrogen and oxygen atoms in total. The summed E-state index contributed by atoms with van der Waals surface area (Å²) in [5.74, 6) is 0.529. The summed E-state index contributed by atoms with van der Waals surface area (Å²) in [7, 11) is 3.38. The summed E-state index contributed by atoms with van der Waals surface area (Å²) in [5.41, 5.74) is 3.68. The lowest BCUT2D eigenvalue weighted by Crippen LogP contribution is -2.15. The van der Waals surface area contributed by atoms with Gasteiger partial charge in [0.25, 0.3) is 5.91 Å². The fourth-order valence-electron chi connectivity index (χ4n) is 2.92. The van der Waals surface area contributed by atoms with Gasteiger partial charge in [-0.1, -0.05) is 12.1 Å². The van der Waals surface area contributed by atoms with Crippen molar-refractivity contribution in [2.45, 2.75) is 6.92 Å². The Kier molecular flexibility index (Phi) is 4.37. The zero-order valence-electron chi connectivity index (χ0n) is 15.2. The molecule has 7 heteroatoms. The van der Waals surface area contributed by atoms with Crippen LogP contribution in [0.5, 0.6) is 5.75 Å². The van der Waals surface area contributed by atoms with Crippen molar-refractivity contribution >= 4 is 33.1 Å². The molecule has 136 valence electrons. The summed E-state index contributed by atoms with van der Waals surface area (Å²) in [6.45, 7) is 1.97. The van der Waals surface area contributed by atoms with Crippen LogP contribution in [0.3, 0.4) is 0 Å². The van der Waals surface area contributed by atoms with E-state index in [2.05, 4.69) is 15.4 Å². The highest BCUT2D eigenvalue weighted by atomic mass is 32.1. The van der Waals surface area contributed by atoms with Crippen LogP contribution in [0, 0.1) is 6.92 Å². The summed E-state index contributed by atoms with van der Waals surface area (Å²) >= 11 is 1.63. The number of benzene rings is 2. The molecular formula is C20H18N4O2S. The highest BCUT2D eigenvalue weighted by Crippen LogP contribution is 2.26. The molecule has 4 aromatic rings. The van der Waals surface area contributed by atoms with E-state index in [4.69, 9.17) is 4.74 Å². The molecular weight excluding hydrogens is 360 g/mol. The van der Waals surface area contributed by atoms with Crippen molar-refractivity contribution in [3.63, 3.8) is 0 Å². The second-order valence-electron chi connectivity index (χ2n) is 6.14. The average Bonchev–Trinajstić information content (AvgIpc) is 3.23. The number of carbonyl (C=O) groups excluding carboxylic acids is 1. The molecule has 1 N–H and O–H groups in total. The second-order valence-corrected chi connectivity index (χ2v) is 7.37. The second kappa shape index (κ2) is 6.85. The number of nitrogens with one attached hydrogen (secondary N) is 1. The Morgan fingerprint density at radius 2 is 2.04 bits per heavy atom. The number of amides is 1. The molecule has 2 heterocycles. The summed E-state index contributed by atoms with van der Waals surface area (Å²) in [6, 6.07) is 15.1. The lowest BCUT2D eigenvalue weighted by atomic mass is 10.1. The van der Waals surface area contributed by atoms with E-state index < -0.39 is 0 Å². The number of rotatable bonds is 4. The first kappa shape index (κ1) is 17.2. The minimum Gasteiger partial charge on any atom is -0.497 e. The molecule has 27 heavy (non-hydrogen) atoms. The Bertz CT molecular complexity index is 1150. The largest absolute Gasteiger partial charge is 0.497 e. The van der Waals surface area contributed by atoms with Gasteiger partial charge >= 0.3 is 0 Å². The van der Waals surface area contributed by atoms with Gasteiger partial charge in [-0.15, -0.1) is 11.3 Å². The smallest absolute Gasteiger partial charge is 0.273 e. The number of aryl methyl sites for hydroxylation is 2. The van der Waals surface area contributed by atoms with Crippen LogP contribution in [0.15, 0.2) is 48.5 Å². The van der Waals surface area contributed by atoms with Crippen molar-refractivity contribution in [3.05, 3.63) is 59.2 Å². The predicted molar refractivity (Wildman–Crippen MR) is 108 cm³/mol. The van der Waals surface area contributed by atoms with Gasteiger partial charge in [-0.3, -0.25) is 9.48 Å². The predicted octanol–water partition coefficient (Wildman–Crippen LogP) is 4.27. The fraction of sp³-hybridized carbons (Fsp3) is 0.150. The van der Waals surface area contributed by atoms with Crippen molar-refractivity contribution in [2.24, 2.45) is 7.05 Å². The van der Waals surface area contributed by atoms with Crippen molar-refractivity contribution in [1.29, 1.82) is 0 Å². The molecule has 0 aliphatic heterocycles. The van der Waals surface area contributed by atoms with Crippen molar-refractivity contribution < 1.29 is 9.53 Å². The molecule has 0 saturated carbocycles. The fourth-order valence-corrected chi connectivity index (χ4v) is 3.73. The first-order valence-corrected chi connectivity index (χ1v) is 9.22. The zero-order chi connectivity index (χ0) is 19.0. The van der Waals surface area contributed by atoms with E-state index in [1.165, 1.54) is 0 Å². The quantitative estimate of drug-likeness (QED) is 0.576. The van der Waals surface area contributed by atoms with Gasteiger partial charge in [-0.25, -0.2) is 4.98 Å². The van der Waals surface area contributed by atoms with E-state index in [-0.39, 0.29) is 5.91 Å². The molecule has 0 aliphatic rings. The van der Waals surface area contributed by atoms with E-state index >= 15 is 0 Å². The monoisotopic (exact) mass is 378 g/mol. The third kappa shape index (κ3) is 3.41. The maximum atomic E-state index is 12.7. The Hall–Kier alpha value is -3.19. The molecule has 0 fully saturated rings. The molecule has 0 atom stereocenters. The van der Waals surface area contributed by atoms with Crippen molar-refractivity contribution in [1.82, 2.24) is 14.8 Å². The number of hydrogen-bond acceptors (Lipinski definition) is 5. The minimum atomic E-state index is -0.217. The lowest BCUT2D eigenvalue weighted by molar-refractivity contribution is 0.101. The molecule has 2 aromatic heterocycles. The van der Waals surface area contributed by atoms with Gasteiger partial charge in [0.1, 0.15) is 11.4 Å². The van der Waals surface area contributed by atoms with Crippen LogP contribution in [-0.2, 0) is 7.05 Å². The molecule has 4 rings (SSSR count). The van der Waals surface area contributed by atoms with Gasteiger partial charge in [-0.2, -0.15) is 5.10 Å². The maximum Gasteiger partial charge on any atom is 0.273 e. The highest BCUT2D eigenvalue weighted by molar-refractivity contribution is 7.18. The minimum absolute atomic E-state index is 0.217. The van der Waals surface area contributed by atoms with Crippen LogP contribution in [0.4, 0.5) is 5.69 Å². The van der Waals surface area contributed by atoms with Gasteiger partial charge < -0.3 is 10.1 Å². The lowest BCUT2D eigenvalue weighted by Gasteiger charge is -2.05. The van der Waals surface area contributed by atoms with E-state index in [0.717, 1.165) is 26.5 Å². The molecule has 0 aliphatic carbocycles. The third-order valence-electron chi connectivity index (χ3n) is 4.23. The van der Waals surface area contributed by atoms with Gasteiger partial charge in [0, 0.05) is 18.3 Å². The van der Waals surface area contributed by atoms with Gasteiger partial charge in [0.2, 0.25) is 0 Å². The van der Waals surface area contributed by atoms with Crippen LogP contribution in [0.1, 0.15) is 15.5 Å². The maximum absolute atomic E-state index is 12.7. The normalized spacial score (nSPS) is 10.9. The molecule has 2 aromatic carbocycles. The zero-order valence-corrected chi connectivity index (χ0v) is 16.0. The molecule has 0 bridgehead atoms. The Morgan fingerprint density at radius 3 is 2.85 bits per heavy atom. The highest BCUT2D eigenvalue weighted by Gasteiger charge is 2.15. The number of ether oxygens (including phenoxy) is 1. The van der Waals surface area contributed by atoms with Crippen LogP contribution < -0.4 is 10.1 Å².